The standard InChI is InChI=1S/C19H20F2N2O8S/c1-22-32(26,27)16-7-10(5-6-13(16)28-2)17(24)23-12-9-15(31-19(20)21)14(29-3)8-11(12)18(25)30-4/h5-9,19,22H,1-4H3,(H,23,24). The molecule has 2 rings (SSSR count). The van der Waals surface area contributed by atoms with Gasteiger partial charge in [0.1, 0.15) is 10.6 Å². The third-order valence-corrected chi connectivity index (χ3v) is 5.59. The molecule has 0 unspecified atom stereocenters. The van der Waals surface area contributed by atoms with Crippen molar-refractivity contribution < 1.29 is 45.7 Å². The lowest BCUT2D eigenvalue weighted by Gasteiger charge is -2.16. The smallest absolute Gasteiger partial charge is 0.387 e. The van der Waals surface area contributed by atoms with Gasteiger partial charge in [-0.2, -0.15) is 8.78 Å². The van der Waals surface area contributed by atoms with E-state index < -0.39 is 34.3 Å². The highest BCUT2D eigenvalue weighted by Crippen LogP contribution is 2.35. The predicted molar refractivity (Wildman–Crippen MR) is 108 cm³/mol. The molecule has 2 aromatic carbocycles. The zero-order valence-electron chi connectivity index (χ0n) is 17.4. The van der Waals surface area contributed by atoms with Crippen molar-refractivity contribution in [1.82, 2.24) is 4.72 Å². The van der Waals surface area contributed by atoms with Crippen LogP contribution in [0.5, 0.6) is 17.2 Å². The zero-order chi connectivity index (χ0) is 24.1. The van der Waals surface area contributed by atoms with Crippen molar-refractivity contribution >= 4 is 27.6 Å². The highest BCUT2D eigenvalue weighted by molar-refractivity contribution is 7.89. The number of methoxy groups -OCH3 is 3. The Morgan fingerprint density at radius 3 is 2.16 bits per heavy atom. The Labute approximate surface area is 182 Å². The number of alkyl halides is 2. The topological polar surface area (TPSA) is 129 Å². The van der Waals surface area contributed by atoms with Crippen LogP contribution >= 0.6 is 0 Å². The van der Waals surface area contributed by atoms with Crippen molar-refractivity contribution in [2.75, 3.05) is 33.7 Å². The molecule has 0 aliphatic rings. The molecule has 1 amide bonds. The molecule has 32 heavy (non-hydrogen) atoms. The fraction of sp³-hybridized carbons (Fsp3) is 0.263. The minimum Gasteiger partial charge on any atom is -0.495 e. The molecule has 0 saturated heterocycles. The SMILES string of the molecule is CNS(=O)(=O)c1cc(C(=O)Nc2cc(OC(F)F)c(OC)cc2C(=O)OC)ccc1OC. The van der Waals surface area contributed by atoms with E-state index in [2.05, 4.69) is 19.5 Å². The quantitative estimate of drug-likeness (QED) is 0.530. The maximum Gasteiger partial charge on any atom is 0.387 e. The Bertz CT molecular complexity index is 1120. The minimum absolute atomic E-state index is 0.0109. The maximum atomic E-state index is 12.8. The number of sulfonamides is 1. The summed E-state index contributed by atoms with van der Waals surface area (Å²) in [6.07, 6.45) is 0. The molecule has 174 valence electrons. The van der Waals surface area contributed by atoms with Crippen molar-refractivity contribution in [3.05, 3.63) is 41.5 Å². The molecule has 0 fully saturated rings. The Morgan fingerprint density at radius 2 is 1.62 bits per heavy atom. The number of hydrogen-bond acceptors (Lipinski definition) is 8. The lowest BCUT2D eigenvalue weighted by atomic mass is 10.1. The van der Waals surface area contributed by atoms with Gasteiger partial charge in [-0.05, 0) is 25.2 Å². The van der Waals surface area contributed by atoms with E-state index in [0.29, 0.717) is 0 Å². The van der Waals surface area contributed by atoms with Crippen LogP contribution in [0.4, 0.5) is 14.5 Å². The summed E-state index contributed by atoms with van der Waals surface area (Å²) >= 11 is 0. The number of anilines is 1. The van der Waals surface area contributed by atoms with Crippen molar-refractivity contribution in [3.8, 4) is 17.2 Å². The van der Waals surface area contributed by atoms with E-state index in [1.807, 2.05) is 0 Å². The largest absolute Gasteiger partial charge is 0.495 e. The minimum atomic E-state index is -3.97. The van der Waals surface area contributed by atoms with E-state index in [0.717, 1.165) is 25.3 Å². The van der Waals surface area contributed by atoms with Gasteiger partial charge in [0, 0.05) is 17.7 Å². The van der Waals surface area contributed by atoms with Gasteiger partial charge in [-0.1, -0.05) is 0 Å². The summed E-state index contributed by atoms with van der Waals surface area (Å²) in [6, 6.07) is 5.62. The molecule has 0 spiro atoms. The van der Waals surface area contributed by atoms with Crippen LogP contribution in [-0.2, 0) is 14.8 Å². The van der Waals surface area contributed by atoms with Crippen molar-refractivity contribution in [2.45, 2.75) is 11.5 Å². The molecule has 0 saturated carbocycles. The molecule has 0 atom stereocenters. The zero-order valence-corrected chi connectivity index (χ0v) is 18.2. The number of carbonyl (C=O) groups is 2. The monoisotopic (exact) mass is 474 g/mol. The van der Waals surface area contributed by atoms with Crippen LogP contribution in [0.15, 0.2) is 35.2 Å². The second-order valence-electron chi connectivity index (χ2n) is 5.95. The van der Waals surface area contributed by atoms with Gasteiger partial charge < -0.3 is 24.3 Å². The first kappa shape index (κ1) is 24.8. The van der Waals surface area contributed by atoms with Crippen molar-refractivity contribution in [1.29, 1.82) is 0 Å². The van der Waals surface area contributed by atoms with Gasteiger partial charge in [-0.3, -0.25) is 4.79 Å². The van der Waals surface area contributed by atoms with Gasteiger partial charge in [0.15, 0.2) is 11.5 Å². The number of nitrogens with one attached hydrogen (secondary N) is 2. The maximum absolute atomic E-state index is 12.8. The molecule has 0 aliphatic heterocycles. The molecular formula is C19H20F2N2O8S. The van der Waals surface area contributed by atoms with Crippen LogP contribution in [0.2, 0.25) is 0 Å². The molecule has 10 nitrogen and oxygen atoms in total. The fourth-order valence-electron chi connectivity index (χ4n) is 2.62. The van der Waals surface area contributed by atoms with E-state index in [1.54, 1.807) is 0 Å². The average Bonchev–Trinajstić information content (AvgIpc) is 2.77. The average molecular weight is 474 g/mol. The van der Waals surface area contributed by atoms with Crippen LogP contribution in [0.3, 0.4) is 0 Å². The van der Waals surface area contributed by atoms with Gasteiger partial charge in [-0.15, -0.1) is 0 Å². The molecule has 0 radical (unpaired) electrons. The summed E-state index contributed by atoms with van der Waals surface area (Å²) < 4.78 is 71.1. The van der Waals surface area contributed by atoms with Crippen LogP contribution in [0.25, 0.3) is 0 Å². The summed E-state index contributed by atoms with van der Waals surface area (Å²) in [7, 11) is 0.732. The third kappa shape index (κ3) is 5.42. The lowest BCUT2D eigenvalue weighted by Crippen LogP contribution is -2.21. The van der Waals surface area contributed by atoms with Crippen LogP contribution in [-0.4, -0.2) is 55.3 Å². The summed E-state index contributed by atoms with van der Waals surface area (Å²) in [5.41, 5.74) is -0.564. The van der Waals surface area contributed by atoms with E-state index in [4.69, 9.17) is 9.47 Å². The number of carbonyl (C=O) groups excluding carboxylic acids is 2. The van der Waals surface area contributed by atoms with Crippen LogP contribution in [0.1, 0.15) is 20.7 Å². The summed E-state index contributed by atoms with van der Waals surface area (Å²) in [4.78, 5) is 24.6. The van der Waals surface area contributed by atoms with Crippen molar-refractivity contribution in [3.63, 3.8) is 0 Å². The van der Waals surface area contributed by atoms with Crippen LogP contribution < -0.4 is 24.2 Å². The summed E-state index contributed by atoms with van der Waals surface area (Å²) in [5, 5.41) is 2.36. The molecule has 2 aromatic rings. The Hall–Kier alpha value is -3.45. The second-order valence-corrected chi connectivity index (χ2v) is 7.80. The van der Waals surface area contributed by atoms with Crippen LogP contribution in [0, 0.1) is 0 Å². The number of esters is 1. The predicted octanol–water partition coefficient (Wildman–Crippen LogP) is 2.25. The van der Waals surface area contributed by atoms with Gasteiger partial charge in [0.2, 0.25) is 10.0 Å². The Morgan fingerprint density at radius 1 is 0.969 bits per heavy atom. The molecule has 0 bridgehead atoms. The molecule has 2 N–H and O–H groups in total. The van der Waals surface area contributed by atoms with E-state index in [1.165, 1.54) is 33.4 Å². The van der Waals surface area contributed by atoms with Crippen molar-refractivity contribution in [2.24, 2.45) is 0 Å². The lowest BCUT2D eigenvalue weighted by molar-refractivity contribution is -0.0511. The van der Waals surface area contributed by atoms with Gasteiger partial charge >= 0.3 is 12.6 Å². The van der Waals surface area contributed by atoms with Gasteiger partial charge in [0.05, 0.1) is 32.6 Å². The highest BCUT2D eigenvalue weighted by Gasteiger charge is 2.23. The number of halogens is 2. The van der Waals surface area contributed by atoms with Gasteiger partial charge in [0.25, 0.3) is 5.91 Å². The normalized spacial score (nSPS) is 11.1. The number of benzene rings is 2. The Balaban J connectivity index is 2.54. The first-order valence-corrected chi connectivity index (χ1v) is 10.2. The van der Waals surface area contributed by atoms with E-state index in [-0.39, 0.29) is 33.2 Å². The molecule has 0 heterocycles. The molecule has 0 aromatic heterocycles. The third-order valence-electron chi connectivity index (χ3n) is 4.16. The number of ether oxygens (including phenoxy) is 4. The molecule has 0 aliphatic carbocycles. The first-order chi connectivity index (χ1) is 15.1. The first-order valence-electron chi connectivity index (χ1n) is 8.76. The van der Waals surface area contributed by atoms with E-state index >= 15 is 0 Å². The van der Waals surface area contributed by atoms with E-state index in [9.17, 15) is 26.8 Å². The fourth-order valence-corrected chi connectivity index (χ4v) is 3.54. The molecular weight excluding hydrogens is 454 g/mol. The number of hydrogen-bond donors (Lipinski definition) is 2. The number of amides is 1. The molecule has 13 heteroatoms. The highest BCUT2D eigenvalue weighted by atomic mass is 32.2. The summed E-state index contributed by atoms with van der Waals surface area (Å²) in [5.74, 6) is -2.40. The second kappa shape index (κ2) is 10.2. The number of rotatable bonds is 9. The Kier molecular flexibility index (Phi) is 7.94. The van der Waals surface area contributed by atoms with Gasteiger partial charge in [-0.25, -0.2) is 17.9 Å². The summed E-state index contributed by atoms with van der Waals surface area (Å²) in [6.45, 7) is -3.20.